The minimum absolute atomic E-state index is 0.835. The lowest BCUT2D eigenvalue weighted by atomic mass is 10.2. The second-order valence-electron chi connectivity index (χ2n) is 4.37. The third-order valence-corrected chi connectivity index (χ3v) is 4.01. The Morgan fingerprint density at radius 1 is 1.37 bits per heavy atom. The molecule has 0 aliphatic rings. The summed E-state index contributed by atoms with van der Waals surface area (Å²) >= 11 is 1.71. The summed E-state index contributed by atoms with van der Waals surface area (Å²) in [6.07, 6.45) is 4.83. The molecule has 5 heteroatoms. The van der Waals surface area contributed by atoms with Gasteiger partial charge in [0.25, 0.3) is 0 Å². The summed E-state index contributed by atoms with van der Waals surface area (Å²) in [5.74, 6) is 0. The quantitative estimate of drug-likeness (QED) is 0.775. The molecule has 1 aromatic carbocycles. The van der Waals surface area contributed by atoms with Crippen molar-refractivity contribution in [3.05, 3.63) is 42.2 Å². The largest absolute Gasteiger partial charge is 0.360 e. The van der Waals surface area contributed by atoms with Crippen molar-refractivity contribution in [1.29, 1.82) is 0 Å². The average molecular weight is 272 g/mol. The Labute approximate surface area is 116 Å². The molecule has 0 amide bonds. The molecule has 0 aliphatic carbocycles. The fourth-order valence-electron chi connectivity index (χ4n) is 1.97. The molecule has 3 rings (SSSR count). The first kappa shape index (κ1) is 12.2. The number of nitrogens with one attached hydrogen (secondary N) is 1. The van der Waals surface area contributed by atoms with Crippen molar-refractivity contribution in [3.8, 4) is 0 Å². The number of anilines is 1. The van der Waals surface area contributed by atoms with Gasteiger partial charge in [0, 0.05) is 18.9 Å². The van der Waals surface area contributed by atoms with Gasteiger partial charge in [0.15, 0.2) is 5.13 Å². The van der Waals surface area contributed by atoms with Gasteiger partial charge >= 0.3 is 0 Å². The Balaban J connectivity index is 1.67. The Hall–Kier alpha value is -1.88. The standard InChI is InChI=1S/C14H16N4S/c1-2-11-4-5-12-13(10-11)19-14(17-12)15-7-9-18-8-3-6-16-18/h3-6,8,10H,2,7,9H2,1H3,(H,15,17). The van der Waals surface area contributed by atoms with E-state index in [1.807, 2.05) is 16.9 Å². The predicted molar refractivity (Wildman–Crippen MR) is 79.7 cm³/mol. The highest BCUT2D eigenvalue weighted by atomic mass is 32.1. The van der Waals surface area contributed by atoms with E-state index in [0.717, 1.165) is 30.2 Å². The molecule has 1 N–H and O–H groups in total. The summed E-state index contributed by atoms with van der Waals surface area (Å²) in [5, 5.41) is 8.51. The summed E-state index contributed by atoms with van der Waals surface area (Å²) in [4.78, 5) is 4.58. The van der Waals surface area contributed by atoms with Crippen LogP contribution in [0.3, 0.4) is 0 Å². The Bertz CT molecular complexity index is 657. The van der Waals surface area contributed by atoms with Crippen LogP contribution in [-0.4, -0.2) is 21.3 Å². The van der Waals surface area contributed by atoms with Crippen LogP contribution in [0.1, 0.15) is 12.5 Å². The molecule has 0 saturated heterocycles. The predicted octanol–water partition coefficient (Wildman–Crippen LogP) is 3.17. The second-order valence-corrected chi connectivity index (χ2v) is 5.40. The van der Waals surface area contributed by atoms with Gasteiger partial charge in [-0.05, 0) is 30.2 Å². The molecule has 19 heavy (non-hydrogen) atoms. The molecule has 0 fully saturated rings. The van der Waals surface area contributed by atoms with E-state index in [-0.39, 0.29) is 0 Å². The van der Waals surface area contributed by atoms with Crippen LogP contribution >= 0.6 is 11.3 Å². The number of hydrogen-bond donors (Lipinski definition) is 1. The molecule has 4 nitrogen and oxygen atoms in total. The van der Waals surface area contributed by atoms with Crippen molar-refractivity contribution in [2.75, 3.05) is 11.9 Å². The average Bonchev–Trinajstić information content (AvgIpc) is 3.06. The molecular formula is C14H16N4S. The van der Waals surface area contributed by atoms with E-state index < -0.39 is 0 Å². The summed E-state index contributed by atoms with van der Waals surface area (Å²) in [6.45, 7) is 3.86. The molecule has 2 heterocycles. The zero-order chi connectivity index (χ0) is 13.1. The van der Waals surface area contributed by atoms with Gasteiger partial charge < -0.3 is 5.32 Å². The molecule has 2 aromatic heterocycles. The lowest BCUT2D eigenvalue weighted by molar-refractivity contribution is 0.638. The van der Waals surface area contributed by atoms with E-state index in [4.69, 9.17) is 0 Å². The lowest BCUT2D eigenvalue weighted by Gasteiger charge is -2.02. The van der Waals surface area contributed by atoms with E-state index in [0.29, 0.717) is 0 Å². The first-order chi connectivity index (χ1) is 9.35. The van der Waals surface area contributed by atoms with E-state index in [1.54, 1.807) is 17.5 Å². The molecule has 3 aromatic rings. The van der Waals surface area contributed by atoms with Gasteiger partial charge in [-0.25, -0.2) is 4.98 Å². The van der Waals surface area contributed by atoms with Gasteiger partial charge in [0.1, 0.15) is 0 Å². The monoisotopic (exact) mass is 272 g/mol. The van der Waals surface area contributed by atoms with Crippen LogP contribution in [0.25, 0.3) is 10.2 Å². The summed E-state index contributed by atoms with van der Waals surface area (Å²) in [6, 6.07) is 8.41. The lowest BCUT2D eigenvalue weighted by Crippen LogP contribution is -2.10. The third kappa shape index (κ3) is 2.76. The van der Waals surface area contributed by atoms with Gasteiger partial charge in [-0.2, -0.15) is 5.10 Å². The fraction of sp³-hybridized carbons (Fsp3) is 0.286. The van der Waals surface area contributed by atoms with Crippen LogP contribution in [0.15, 0.2) is 36.7 Å². The minimum Gasteiger partial charge on any atom is -0.360 e. The van der Waals surface area contributed by atoms with Crippen molar-refractivity contribution in [2.24, 2.45) is 0 Å². The Kier molecular flexibility index (Phi) is 3.46. The number of thiazole rings is 1. The zero-order valence-electron chi connectivity index (χ0n) is 10.8. The normalized spacial score (nSPS) is 11.0. The molecule has 0 atom stereocenters. The molecule has 0 spiro atoms. The highest BCUT2D eigenvalue weighted by Gasteiger charge is 2.03. The van der Waals surface area contributed by atoms with Crippen molar-refractivity contribution < 1.29 is 0 Å². The smallest absolute Gasteiger partial charge is 0.183 e. The summed E-state index contributed by atoms with van der Waals surface area (Å²) < 4.78 is 3.16. The third-order valence-electron chi connectivity index (χ3n) is 3.04. The van der Waals surface area contributed by atoms with E-state index >= 15 is 0 Å². The SMILES string of the molecule is CCc1ccc2nc(NCCn3cccn3)sc2c1. The van der Waals surface area contributed by atoms with Crippen LogP contribution in [-0.2, 0) is 13.0 Å². The van der Waals surface area contributed by atoms with Crippen molar-refractivity contribution in [1.82, 2.24) is 14.8 Å². The number of hydrogen-bond acceptors (Lipinski definition) is 4. The molecule has 0 radical (unpaired) electrons. The van der Waals surface area contributed by atoms with Gasteiger partial charge in [-0.15, -0.1) is 0 Å². The topological polar surface area (TPSA) is 42.7 Å². The first-order valence-corrected chi connectivity index (χ1v) is 7.27. The van der Waals surface area contributed by atoms with Gasteiger partial charge in [-0.1, -0.05) is 24.3 Å². The molecule has 98 valence electrons. The van der Waals surface area contributed by atoms with Crippen LogP contribution < -0.4 is 5.32 Å². The van der Waals surface area contributed by atoms with Gasteiger partial charge in [0.2, 0.25) is 0 Å². The number of benzene rings is 1. The Morgan fingerprint density at radius 2 is 2.32 bits per heavy atom. The van der Waals surface area contributed by atoms with Crippen molar-refractivity contribution in [2.45, 2.75) is 19.9 Å². The number of aromatic nitrogens is 3. The zero-order valence-corrected chi connectivity index (χ0v) is 11.7. The highest BCUT2D eigenvalue weighted by molar-refractivity contribution is 7.22. The van der Waals surface area contributed by atoms with Crippen LogP contribution in [0.2, 0.25) is 0 Å². The number of aryl methyl sites for hydroxylation is 1. The number of nitrogens with zero attached hydrogens (tertiary/aromatic N) is 3. The van der Waals surface area contributed by atoms with Crippen LogP contribution in [0.5, 0.6) is 0 Å². The van der Waals surface area contributed by atoms with E-state index in [9.17, 15) is 0 Å². The van der Waals surface area contributed by atoms with E-state index in [2.05, 4.69) is 40.5 Å². The number of rotatable bonds is 5. The first-order valence-electron chi connectivity index (χ1n) is 6.46. The highest BCUT2D eigenvalue weighted by Crippen LogP contribution is 2.26. The molecular weight excluding hydrogens is 256 g/mol. The molecule has 0 aliphatic heterocycles. The molecule has 0 unspecified atom stereocenters. The number of fused-ring (bicyclic) bond motifs is 1. The summed E-state index contributed by atoms with van der Waals surface area (Å²) in [7, 11) is 0. The Morgan fingerprint density at radius 3 is 3.11 bits per heavy atom. The van der Waals surface area contributed by atoms with Gasteiger partial charge in [0.05, 0.1) is 16.8 Å². The second kappa shape index (κ2) is 5.40. The van der Waals surface area contributed by atoms with Crippen LogP contribution in [0.4, 0.5) is 5.13 Å². The summed E-state index contributed by atoms with van der Waals surface area (Å²) in [5.41, 5.74) is 2.43. The van der Waals surface area contributed by atoms with Crippen LogP contribution in [0, 0.1) is 0 Å². The van der Waals surface area contributed by atoms with Crippen molar-refractivity contribution in [3.63, 3.8) is 0 Å². The maximum atomic E-state index is 4.58. The maximum Gasteiger partial charge on any atom is 0.183 e. The fourth-order valence-corrected chi connectivity index (χ4v) is 2.93. The minimum atomic E-state index is 0.835. The van der Waals surface area contributed by atoms with E-state index in [1.165, 1.54) is 10.3 Å². The molecule has 0 saturated carbocycles. The van der Waals surface area contributed by atoms with Crippen molar-refractivity contribution >= 4 is 26.7 Å². The maximum absolute atomic E-state index is 4.58. The van der Waals surface area contributed by atoms with Gasteiger partial charge in [-0.3, -0.25) is 4.68 Å². The molecule has 0 bridgehead atoms.